The number of rotatable bonds is 7. The number of carbonyl (C=O) groups is 1. The third kappa shape index (κ3) is 3.97. The first kappa shape index (κ1) is 13.9. The average Bonchev–Trinajstić information content (AvgIpc) is 2.35. The Bertz CT molecular complexity index is 343. The van der Waals surface area contributed by atoms with Gasteiger partial charge in [-0.2, -0.15) is 12.6 Å². The first-order chi connectivity index (χ1) is 8.20. The zero-order chi connectivity index (χ0) is 12.7. The molecule has 3 nitrogen and oxygen atoms in total. The van der Waals surface area contributed by atoms with E-state index >= 15 is 0 Å². The molecule has 0 heterocycles. The molecule has 0 aromatic heterocycles. The molecule has 0 amide bonds. The molecule has 0 radical (unpaired) electrons. The highest BCUT2D eigenvalue weighted by Crippen LogP contribution is 2.18. The third-order valence-corrected chi connectivity index (χ3v) is 3.02. The second-order valence-electron chi connectivity index (χ2n) is 3.92. The SMILES string of the molecule is CCCCN(c1ccccc1)C(CS)C(=O)O. The van der Waals surface area contributed by atoms with Gasteiger partial charge in [-0.3, -0.25) is 0 Å². The number of carboxylic acid groups (broad SMARTS) is 1. The Morgan fingerprint density at radius 3 is 2.53 bits per heavy atom. The predicted octanol–water partition coefficient (Wildman–Crippen LogP) is 2.68. The maximum atomic E-state index is 11.2. The van der Waals surface area contributed by atoms with Crippen molar-refractivity contribution in [3.8, 4) is 0 Å². The second-order valence-corrected chi connectivity index (χ2v) is 4.28. The van der Waals surface area contributed by atoms with E-state index in [0.29, 0.717) is 5.75 Å². The van der Waals surface area contributed by atoms with E-state index in [-0.39, 0.29) is 0 Å². The first-order valence-corrected chi connectivity index (χ1v) is 6.49. The Morgan fingerprint density at radius 1 is 1.41 bits per heavy atom. The normalized spacial score (nSPS) is 12.1. The second kappa shape index (κ2) is 7.22. The topological polar surface area (TPSA) is 40.5 Å². The smallest absolute Gasteiger partial charge is 0.327 e. The Labute approximate surface area is 108 Å². The third-order valence-electron chi connectivity index (χ3n) is 2.67. The van der Waals surface area contributed by atoms with Crippen LogP contribution in [0.1, 0.15) is 19.8 Å². The van der Waals surface area contributed by atoms with Crippen molar-refractivity contribution < 1.29 is 9.90 Å². The van der Waals surface area contributed by atoms with Crippen LogP contribution >= 0.6 is 12.6 Å². The zero-order valence-electron chi connectivity index (χ0n) is 10.0. The van der Waals surface area contributed by atoms with Crippen molar-refractivity contribution >= 4 is 24.3 Å². The van der Waals surface area contributed by atoms with Gasteiger partial charge in [0, 0.05) is 18.0 Å². The van der Waals surface area contributed by atoms with Gasteiger partial charge >= 0.3 is 5.97 Å². The highest BCUT2D eigenvalue weighted by molar-refractivity contribution is 7.80. The molecule has 1 aromatic carbocycles. The number of aliphatic carboxylic acids is 1. The van der Waals surface area contributed by atoms with Crippen LogP contribution in [0, 0.1) is 0 Å². The minimum absolute atomic E-state index is 0.313. The number of hydrogen-bond donors (Lipinski definition) is 2. The lowest BCUT2D eigenvalue weighted by atomic mass is 10.2. The van der Waals surface area contributed by atoms with Crippen LogP contribution in [0.4, 0.5) is 5.69 Å². The minimum Gasteiger partial charge on any atom is -0.480 e. The summed E-state index contributed by atoms with van der Waals surface area (Å²) in [6, 6.07) is 9.09. The lowest BCUT2D eigenvalue weighted by Crippen LogP contribution is -2.43. The van der Waals surface area contributed by atoms with Crippen molar-refractivity contribution in [3.05, 3.63) is 30.3 Å². The molecule has 0 aliphatic carbocycles. The van der Waals surface area contributed by atoms with Crippen LogP contribution in [-0.4, -0.2) is 29.4 Å². The van der Waals surface area contributed by atoms with Crippen molar-refractivity contribution in [2.75, 3.05) is 17.2 Å². The number of thiol groups is 1. The molecular formula is C13H19NO2S. The molecule has 0 fully saturated rings. The molecule has 1 aromatic rings. The lowest BCUT2D eigenvalue weighted by molar-refractivity contribution is -0.138. The first-order valence-electron chi connectivity index (χ1n) is 5.86. The van der Waals surface area contributed by atoms with Crippen LogP contribution in [0.25, 0.3) is 0 Å². The summed E-state index contributed by atoms with van der Waals surface area (Å²) >= 11 is 4.14. The summed E-state index contributed by atoms with van der Waals surface area (Å²) in [6.45, 7) is 2.84. The van der Waals surface area contributed by atoms with Gasteiger partial charge in [0.1, 0.15) is 6.04 Å². The molecule has 0 saturated carbocycles. The molecule has 0 bridgehead atoms. The van der Waals surface area contributed by atoms with Crippen molar-refractivity contribution in [3.63, 3.8) is 0 Å². The van der Waals surface area contributed by atoms with Crippen LogP contribution in [0.15, 0.2) is 30.3 Å². The number of nitrogens with zero attached hydrogens (tertiary/aromatic N) is 1. The minimum atomic E-state index is -0.819. The molecule has 1 N–H and O–H groups in total. The largest absolute Gasteiger partial charge is 0.480 e. The van der Waals surface area contributed by atoms with E-state index in [1.165, 1.54) is 0 Å². The van der Waals surface area contributed by atoms with Crippen LogP contribution < -0.4 is 4.90 Å². The highest BCUT2D eigenvalue weighted by atomic mass is 32.1. The van der Waals surface area contributed by atoms with Crippen molar-refractivity contribution in [2.45, 2.75) is 25.8 Å². The van der Waals surface area contributed by atoms with Gasteiger partial charge in [0.05, 0.1) is 0 Å². The van der Waals surface area contributed by atoms with E-state index in [4.69, 9.17) is 0 Å². The van der Waals surface area contributed by atoms with Gasteiger partial charge in [0.2, 0.25) is 0 Å². The summed E-state index contributed by atoms with van der Waals surface area (Å²) in [5.74, 6) is -0.506. The van der Waals surface area contributed by atoms with Crippen LogP contribution in [0.5, 0.6) is 0 Å². The van der Waals surface area contributed by atoms with Gasteiger partial charge in [-0.1, -0.05) is 31.5 Å². The fourth-order valence-electron chi connectivity index (χ4n) is 1.72. The Kier molecular flexibility index (Phi) is 5.91. The average molecular weight is 253 g/mol. The monoisotopic (exact) mass is 253 g/mol. The fourth-order valence-corrected chi connectivity index (χ4v) is 2.08. The number of benzene rings is 1. The number of unbranched alkanes of at least 4 members (excludes halogenated alkanes) is 1. The Morgan fingerprint density at radius 2 is 2.06 bits per heavy atom. The quantitative estimate of drug-likeness (QED) is 0.734. The fraction of sp³-hybridized carbons (Fsp3) is 0.462. The van der Waals surface area contributed by atoms with Crippen molar-refractivity contribution in [2.24, 2.45) is 0 Å². The van der Waals surface area contributed by atoms with Crippen LogP contribution in [0.2, 0.25) is 0 Å². The highest BCUT2D eigenvalue weighted by Gasteiger charge is 2.23. The Hall–Kier alpha value is -1.16. The molecule has 1 rings (SSSR count). The van der Waals surface area contributed by atoms with Gasteiger partial charge in [-0.15, -0.1) is 0 Å². The number of hydrogen-bond acceptors (Lipinski definition) is 3. The summed E-state index contributed by atoms with van der Waals surface area (Å²) in [5.41, 5.74) is 0.947. The summed E-state index contributed by atoms with van der Waals surface area (Å²) in [7, 11) is 0. The van der Waals surface area contributed by atoms with Crippen LogP contribution in [0.3, 0.4) is 0 Å². The molecule has 0 spiro atoms. The molecule has 17 heavy (non-hydrogen) atoms. The molecule has 0 aliphatic rings. The summed E-state index contributed by atoms with van der Waals surface area (Å²) in [5, 5.41) is 9.21. The van der Waals surface area contributed by atoms with Gasteiger partial charge in [-0.25, -0.2) is 4.79 Å². The van der Waals surface area contributed by atoms with E-state index < -0.39 is 12.0 Å². The van der Waals surface area contributed by atoms with E-state index in [0.717, 1.165) is 25.1 Å². The molecular weight excluding hydrogens is 234 g/mol. The van der Waals surface area contributed by atoms with E-state index in [1.807, 2.05) is 35.2 Å². The molecule has 0 saturated heterocycles. The summed E-state index contributed by atoms with van der Waals surface area (Å²) in [6.07, 6.45) is 2.02. The maximum Gasteiger partial charge on any atom is 0.327 e. The Balaban J connectivity index is 2.90. The van der Waals surface area contributed by atoms with Gasteiger partial charge < -0.3 is 10.0 Å². The lowest BCUT2D eigenvalue weighted by Gasteiger charge is -2.30. The molecule has 1 atom stereocenters. The van der Waals surface area contributed by atoms with Crippen LogP contribution in [-0.2, 0) is 4.79 Å². The maximum absolute atomic E-state index is 11.2. The standard InChI is InChI=1S/C13H19NO2S/c1-2-3-9-14(12(10-17)13(15)16)11-7-5-4-6-8-11/h4-8,12,17H,2-3,9-10H2,1H3,(H,15,16). The van der Waals surface area contributed by atoms with Gasteiger partial charge in [0.25, 0.3) is 0 Å². The van der Waals surface area contributed by atoms with Crippen molar-refractivity contribution in [1.82, 2.24) is 0 Å². The van der Waals surface area contributed by atoms with Crippen molar-refractivity contribution in [1.29, 1.82) is 0 Å². The summed E-state index contributed by atoms with van der Waals surface area (Å²) < 4.78 is 0. The number of para-hydroxylation sites is 1. The molecule has 1 unspecified atom stereocenters. The van der Waals surface area contributed by atoms with E-state index in [9.17, 15) is 9.90 Å². The van der Waals surface area contributed by atoms with Gasteiger partial charge in [0.15, 0.2) is 0 Å². The predicted molar refractivity (Wildman–Crippen MR) is 74.0 cm³/mol. The van der Waals surface area contributed by atoms with E-state index in [2.05, 4.69) is 19.6 Å². The zero-order valence-corrected chi connectivity index (χ0v) is 10.9. The molecule has 94 valence electrons. The number of anilines is 1. The molecule has 0 aliphatic heterocycles. The van der Waals surface area contributed by atoms with E-state index in [1.54, 1.807) is 0 Å². The summed E-state index contributed by atoms with van der Waals surface area (Å²) in [4.78, 5) is 13.1. The number of carboxylic acids is 1. The van der Waals surface area contributed by atoms with Gasteiger partial charge in [-0.05, 0) is 18.6 Å². The molecule has 4 heteroatoms.